The lowest BCUT2D eigenvalue weighted by molar-refractivity contribution is -0.122. The zero-order valence-corrected chi connectivity index (χ0v) is 11.0. The van der Waals surface area contributed by atoms with Crippen LogP contribution in [0.5, 0.6) is 0 Å². The number of anilines is 1. The first kappa shape index (κ1) is 12.9. The fraction of sp³-hybridized carbons (Fsp3) is 0.500. The summed E-state index contributed by atoms with van der Waals surface area (Å²) >= 11 is 0. The molecule has 1 fully saturated rings. The predicted molar refractivity (Wildman–Crippen MR) is 73.4 cm³/mol. The highest BCUT2D eigenvalue weighted by atomic mass is 16.2. The summed E-state index contributed by atoms with van der Waals surface area (Å²) in [5, 5.41) is 3.03. The van der Waals surface area contributed by atoms with E-state index in [-0.39, 0.29) is 11.9 Å². The molecule has 1 saturated carbocycles. The van der Waals surface area contributed by atoms with E-state index in [1.165, 1.54) is 0 Å². The van der Waals surface area contributed by atoms with Crippen LogP contribution in [0.1, 0.15) is 25.3 Å². The highest BCUT2D eigenvalue weighted by molar-refractivity contribution is 5.85. The average molecular weight is 247 g/mol. The van der Waals surface area contributed by atoms with Gasteiger partial charge in [0.15, 0.2) is 0 Å². The van der Waals surface area contributed by atoms with Gasteiger partial charge in [-0.2, -0.15) is 0 Å². The second kappa shape index (κ2) is 5.40. The van der Waals surface area contributed by atoms with Crippen LogP contribution in [0.15, 0.2) is 24.3 Å². The number of nitrogens with zero attached hydrogens (tertiary/aromatic N) is 1. The zero-order chi connectivity index (χ0) is 13.1. The first-order chi connectivity index (χ1) is 8.61. The number of hydrogen-bond donors (Lipinski definition) is 2. The lowest BCUT2D eigenvalue weighted by Gasteiger charge is -2.26. The molecule has 0 spiro atoms. The predicted octanol–water partition coefficient (Wildman–Crippen LogP) is 1.25. The monoisotopic (exact) mass is 247 g/mol. The number of nitrogens with one attached hydrogen (secondary N) is 1. The second-order valence-electron chi connectivity index (χ2n) is 4.94. The van der Waals surface area contributed by atoms with Crippen LogP contribution in [0.4, 0.5) is 5.69 Å². The van der Waals surface area contributed by atoms with Crippen LogP contribution in [-0.2, 0) is 11.3 Å². The van der Waals surface area contributed by atoms with Gasteiger partial charge in [-0.25, -0.2) is 0 Å². The van der Waals surface area contributed by atoms with E-state index in [1.807, 2.05) is 43.1 Å². The molecule has 0 radical (unpaired) electrons. The van der Waals surface area contributed by atoms with Gasteiger partial charge in [0.2, 0.25) is 5.91 Å². The molecule has 1 aliphatic carbocycles. The Morgan fingerprint density at radius 3 is 2.56 bits per heavy atom. The SMILES string of the molecule is CC(C(=O)NC1CC1)N(C)c1ccc(CN)cc1. The van der Waals surface area contributed by atoms with Gasteiger partial charge in [0.1, 0.15) is 6.04 Å². The summed E-state index contributed by atoms with van der Waals surface area (Å²) in [4.78, 5) is 13.9. The van der Waals surface area contributed by atoms with Gasteiger partial charge in [0.05, 0.1) is 0 Å². The Balaban J connectivity index is 1.99. The molecular formula is C14H21N3O. The van der Waals surface area contributed by atoms with E-state index in [0.717, 1.165) is 24.1 Å². The third-order valence-electron chi connectivity index (χ3n) is 3.46. The Hall–Kier alpha value is -1.55. The topological polar surface area (TPSA) is 58.4 Å². The first-order valence-electron chi connectivity index (χ1n) is 6.44. The Bertz CT molecular complexity index is 412. The summed E-state index contributed by atoms with van der Waals surface area (Å²) in [6.45, 7) is 2.47. The van der Waals surface area contributed by atoms with Gasteiger partial charge in [0, 0.05) is 25.3 Å². The Labute approximate surface area is 108 Å². The number of hydrogen-bond acceptors (Lipinski definition) is 3. The van der Waals surface area contributed by atoms with Crippen molar-refractivity contribution >= 4 is 11.6 Å². The van der Waals surface area contributed by atoms with E-state index < -0.39 is 0 Å². The Morgan fingerprint density at radius 2 is 2.06 bits per heavy atom. The molecule has 0 heterocycles. The quantitative estimate of drug-likeness (QED) is 0.823. The minimum atomic E-state index is -0.158. The maximum absolute atomic E-state index is 12.0. The van der Waals surface area contributed by atoms with Crippen molar-refractivity contribution in [2.24, 2.45) is 5.73 Å². The molecule has 1 aromatic rings. The van der Waals surface area contributed by atoms with Crippen LogP contribution in [0, 0.1) is 0 Å². The minimum Gasteiger partial charge on any atom is -0.363 e. The van der Waals surface area contributed by atoms with Gasteiger partial charge in [-0.15, -0.1) is 0 Å². The highest BCUT2D eigenvalue weighted by Crippen LogP contribution is 2.20. The number of likely N-dealkylation sites (N-methyl/N-ethyl adjacent to an activating group) is 1. The third-order valence-corrected chi connectivity index (χ3v) is 3.46. The van der Waals surface area contributed by atoms with Gasteiger partial charge in [-0.1, -0.05) is 12.1 Å². The standard InChI is InChI=1S/C14H21N3O/c1-10(14(18)16-12-5-6-12)17(2)13-7-3-11(9-15)4-8-13/h3-4,7-8,10,12H,5-6,9,15H2,1-2H3,(H,16,18). The molecule has 0 aliphatic heterocycles. The zero-order valence-electron chi connectivity index (χ0n) is 11.0. The first-order valence-corrected chi connectivity index (χ1v) is 6.44. The van der Waals surface area contributed by atoms with Crippen molar-refractivity contribution < 1.29 is 4.79 Å². The molecule has 98 valence electrons. The summed E-state index contributed by atoms with van der Waals surface area (Å²) in [5.41, 5.74) is 7.70. The molecule has 0 saturated heterocycles. The van der Waals surface area contributed by atoms with Crippen LogP contribution in [0.3, 0.4) is 0 Å². The molecule has 3 N–H and O–H groups in total. The number of rotatable bonds is 5. The molecule has 1 aliphatic rings. The lowest BCUT2D eigenvalue weighted by Crippen LogP contribution is -2.44. The molecule has 2 rings (SSSR count). The van der Waals surface area contributed by atoms with Crippen LogP contribution < -0.4 is 16.0 Å². The van der Waals surface area contributed by atoms with Crippen LogP contribution in [-0.4, -0.2) is 25.0 Å². The van der Waals surface area contributed by atoms with Gasteiger partial charge in [-0.3, -0.25) is 4.79 Å². The molecule has 1 unspecified atom stereocenters. The van der Waals surface area contributed by atoms with Crippen molar-refractivity contribution in [1.29, 1.82) is 0 Å². The number of amides is 1. The summed E-state index contributed by atoms with van der Waals surface area (Å²) in [6.07, 6.45) is 2.24. The summed E-state index contributed by atoms with van der Waals surface area (Å²) in [6, 6.07) is 8.25. The van der Waals surface area contributed by atoms with E-state index >= 15 is 0 Å². The van der Waals surface area contributed by atoms with E-state index in [0.29, 0.717) is 12.6 Å². The number of nitrogens with two attached hydrogens (primary N) is 1. The van der Waals surface area contributed by atoms with E-state index in [1.54, 1.807) is 0 Å². The third kappa shape index (κ3) is 3.01. The molecule has 0 bridgehead atoms. The Kier molecular flexibility index (Phi) is 3.87. The highest BCUT2D eigenvalue weighted by Gasteiger charge is 2.27. The van der Waals surface area contributed by atoms with Gasteiger partial charge in [-0.05, 0) is 37.5 Å². The average Bonchev–Trinajstić information content (AvgIpc) is 3.21. The fourth-order valence-electron chi connectivity index (χ4n) is 1.82. The van der Waals surface area contributed by atoms with Crippen molar-refractivity contribution in [3.05, 3.63) is 29.8 Å². The maximum Gasteiger partial charge on any atom is 0.242 e. The van der Waals surface area contributed by atoms with E-state index in [2.05, 4.69) is 5.32 Å². The van der Waals surface area contributed by atoms with E-state index in [9.17, 15) is 4.79 Å². The minimum absolute atomic E-state index is 0.0999. The molecule has 1 amide bonds. The number of carbonyl (C=O) groups is 1. The maximum atomic E-state index is 12.0. The molecule has 1 aromatic carbocycles. The van der Waals surface area contributed by atoms with Gasteiger partial charge in [0.25, 0.3) is 0 Å². The van der Waals surface area contributed by atoms with Crippen molar-refractivity contribution in [1.82, 2.24) is 5.32 Å². The normalized spacial score (nSPS) is 16.2. The van der Waals surface area contributed by atoms with E-state index in [4.69, 9.17) is 5.73 Å². The molecule has 1 atom stereocenters. The molecule has 18 heavy (non-hydrogen) atoms. The van der Waals surface area contributed by atoms with Gasteiger partial charge < -0.3 is 16.0 Å². The van der Waals surface area contributed by atoms with Crippen molar-refractivity contribution in [2.75, 3.05) is 11.9 Å². The molecule has 0 aromatic heterocycles. The fourth-order valence-corrected chi connectivity index (χ4v) is 1.82. The Morgan fingerprint density at radius 1 is 1.44 bits per heavy atom. The van der Waals surface area contributed by atoms with Crippen molar-refractivity contribution in [2.45, 2.75) is 38.4 Å². The summed E-state index contributed by atoms with van der Waals surface area (Å²) in [7, 11) is 1.94. The van der Waals surface area contributed by atoms with Crippen LogP contribution in [0.2, 0.25) is 0 Å². The van der Waals surface area contributed by atoms with Crippen molar-refractivity contribution in [3.63, 3.8) is 0 Å². The smallest absolute Gasteiger partial charge is 0.242 e. The molecular weight excluding hydrogens is 226 g/mol. The number of benzene rings is 1. The lowest BCUT2D eigenvalue weighted by atomic mass is 10.1. The molecule has 4 heteroatoms. The van der Waals surface area contributed by atoms with Crippen molar-refractivity contribution in [3.8, 4) is 0 Å². The van der Waals surface area contributed by atoms with Gasteiger partial charge >= 0.3 is 0 Å². The number of carbonyl (C=O) groups excluding carboxylic acids is 1. The summed E-state index contributed by atoms with van der Waals surface area (Å²) in [5.74, 6) is 0.0999. The molecule has 4 nitrogen and oxygen atoms in total. The second-order valence-corrected chi connectivity index (χ2v) is 4.94. The van der Waals surface area contributed by atoms with Crippen LogP contribution in [0.25, 0.3) is 0 Å². The van der Waals surface area contributed by atoms with Crippen LogP contribution >= 0.6 is 0 Å². The summed E-state index contributed by atoms with van der Waals surface area (Å²) < 4.78 is 0. The largest absolute Gasteiger partial charge is 0.363 e.